The molecule has 0 saturated carbocycles. The summed E-state index contributed by atoms with van der Waals surface area (Å²) >= 11 is 1.56. The SMILES string of the molecule is COc1ccc(N)cc1NC(=O)Cc1cccs1. The van der Waals surface area contributed by atoms with Gasteiger partial charge in [-0.2, -0.15) is 0 Å². The van der Waals surface area contributed by atoms with Crippen molar-refractivity contribution in [2.24, 2.45) is 0 Å². The van der Waals surface area contributed by atoms with E-state index in [0.29, 0.717) is 23.5 Å². The standard InChI is InChI=1S/C13H14N2O2S/c1-17-12-5-4-9(14)7-11(12)15-13(16)8-10-3-2-6-18-10/h2-7H,8,14H2,1H3,(H,15,16). The molecule has 0 atom stereocenters. The molecular weight excluding hydrogens is 248 g/mol. The summed E-state index contributed by atoms with van der Waals surface area (Å²) in [5, 5.41) is 4.75. The van der Waals surface area contributed by atoms with Crippen LogP contribution in [0.5, 0.6) is 5.75 Å². The third kappa shape index (κ3) is 3.01. The molecule has 2 rings (SSSR count). The third-order valence-corrected chi connectivity index (χ3v) is 3.29. The van der Waals surface area contributed by atoms with Gasteiger partial charge in [0.1, 0.15) is 5.75 Å². The van der Waals surface area contributed by atoms with Crippen molar-refractivity contribution >= 4 is 28.6 Å². The van der Waals surface area contributed by atoms with Crippen LogP contribution < -0.4 is 15.8 Å². The Bertz CT molecular complexity index is 538. The number of nitrogen functional groups attached to an aromatic ring is 1. The van der Waals surface area contributed by atoms with Crippen LogP contribution in [-0.4, -0.2) is 13.0 Å². The first kappa shape index (κ1) is 12.4. The zero-order chi connectivity index (χ0) is 13.0. The fourth-order valence-corrected chi connectivity index (χ4v) is 2.29. The highest BCUT2D eigenvalue weighted by Crippen LogP contribution is 2.26. The van der Waals surface area contributed by atoms with Crippen LogP contribution in [0.25, 0.3) is 0 Å². The Labute approximate surface area is 109 Å². The number of carbonyl (C=O) groups excluding carboxylic acids is 1. The van der Waals surface area contributed by atoms with Gasteiger partial charge < -0.3 is 15.8 Å². The number of nitrogens with two attached hydrogens (primary N) is 1. The number of benzene rings is 1. The molecule has 0 aliphatic rings. The quantitative estimate of drug-likeness (QED) is 0.832. The van der Waals surface area contributed by atoms with E-state index in [0.717, 1.165) is 4.88 Å². The molecule has 3 N–H and O–H groups in total. The molecular formula is C13H14N2O2S. The topological polar surface area (TPSA) is 64.3 Å². The number of hydrogen-bond donors (Lipinski definition) is 2. The molecule has 18 heavy (non-hydrogen) atoms. The average molecular weight is 262 g/mol. The molecule has 4 nitrogen and oxygen atoms in total. The maximum atomic E-state index is 11.9. The molecule has 94 valence electrons. The van der Waals surface area contributed by atoms with Gasteiger partial charge in [-0.15, -0.1) is 11.3 Å². The zero-order valence-electron chi connectivity index (χ0n) is 9.97. The van der Waals surface area contributed by atoms with Gasteiger partial charge in [0.2, 0.25) is 5.91 Å². The van der Waals surface area contributed by atoms with Crippen LogP contribution in [0.1, 0.15) is 4.88 Å². The van der Waals surface area contributed by atoms with Gasteiger partial charge >= 0.3 is 0 Å². The van der Waals surface area contributed by atoms with E-state index in [1.807, 2.05) is 17.5 Å². The lowest BCUT2D eigenvalue weighted by molar-refractivity contribution is -0.115. The van der Waals surface area contributed by atoms with E-state index in [-0.39, 0.29) is 5.91 Å². The monoisotopic (exact) mass is 262 g/mol. The first-order valence-corrected chi connectivity index (χ1v) is 6.33. The van der Waals surface area contributed by atoms with Crippen LogP contribution in [0.15, 0.2) is 35.7 Å². The summed E-state index contributed by atoms with van der Waals surface area (Å²) in [6.07, 6.45) is 0.357. The molecule has 1 heterocycles. The Balaban J connectivity index is 2.08. The van der Waals surface area contributed by atoms with Crippen LogP contribution in [0.3, 0.4) is 0 Å². The van der Waals surface area contributed by atoms with Gasteiger partial charge in [0.05, 0.1) is 19.2 Å². The smallest absolute Gasteiger partial charge is 0.229 e. The highest BCUT2D eigenvalue weighted by molar-refractivity contribution is 7.10. The Morgan fingerprint density at radius 3 is 2.94 bits per heavy atom. The summed E-state index contributed by atoms with van der Waals surface area (Å²) in [6.45, 7) is 0. The average Bonchev–Trinajstić information content (AvgIpc) is 2.82. The predicted molar refractivity (Wildman–Crippen MR) is 74.1 cm³/mol. The third-order valence-electron chi connectivity index (χ3n) is 2.41. The van der Waals surface area contributed by atoms with Gasteiger partial charge in [-0.05, 0) is 29.6 Å². The number of hydrogen-bond acceptors (Lipinski definition) is 4. The summed E-state index contributed by atoms with van der Waals surface area (Å²) in [6, 6.07) is 9.00. The number of anilines is 2. The number of carbonyl (C=O) groups is 1. The molecule has 5 heteroatoms. The largest absolute Gasteiger partial charge is 0.495 e. The Hall–Kier alpha value is -2.01. The van der Waals surface area contributed by atoms with Crippen molar-refractivity contribution in [1.29, 1.82) is 0 Å². The van der Waals surface area contributed by atoms with Crippen molar-refractivity contribution < 1.29 is 9.53 Å². The van der Waals surface area contributed by atoms with Crippen molar-refractivity contribution in [3.63, 3.8) is 0 Å². The van der Waals surface area contributed by atoms with E-state index in [4.69, 9.17) is 10.5 Å². The molecule has 0 aliphatic heterocycles. The lowest BCUT2D eigenvalue weighted by Gasteiger charge is -2.10. The second kappa shape index (κ2) is 5.55. The molecule has 0 saturated heterocycles. The van der Waals surface area contributed by atoms with Crippen molar-refractivity contribution in [2.75, 3.05) is 18.2 Å². The molecule has 1 amide bonds. The number of methoxy groups -OCH3 is 1. The lowest BCUT2D eigenvalue weighted by Crippen LogP contribution is -2.14. The molecule has 0 aliphatic carbocycles. The maximum Gasteiger partial charge on any atom is 0.229 e. The summed E-state index contributed by atoms with van der Waals surface area (Å²) in [5.74, 6) is 0.519. The number of amides is 1. The minimum absolute atomic E-state index is 0.0821. The van der Waals surface area contributed by atoms with Crippen molar-refractivity contribution in [1.82, 2.24) is 0 Å². The number of ether oxygens (including phenoxy) is 1. The molecule has 0 spiro atoms. The van der Waals surface area contributed by atoms with E-state index >= 15 is 0 Å². The predicted octanol–water partition coefficient (Wildman–Crippen LogP) is 2.52. The van der Waals surface area contributed by atoms with Crippen molar-refractivity contribution in [3.8, 4) is 5.75 Å². The van der Waals surface area contributed by atoms with Crippen molar-refractivity contribution in [3.05, 3.63) is 40.6 Å². The minimum atomic E-state index is -0.0821. The molecule has 1 aromatic carbocycles. The van der Waals surface area contributed by atoms with Crippen LogP contribution in [-0.2, 0) is 11.2 Å². The summed E-state index contributed by atoms with van der Waals surface area (Å²) in [4.78, 5) is 12.9. The van der Waals surface area contributed by atoms with Crippen LogP contribution in [0, 0.1) is 0 Å². The summed E-state index contributed by atoms with van der Waals surface area (Å²) < 4.78 is 5.17. The summed E-state index contributed by atoms with van der Waals surface area (Å²) in [5.41, 5.74) is 6.87. The fourth-order valence-electron chi connectivity index (χ4n) is 1.59. The maximum absolute atomic E-state index is 11.9. The first-order valence-electron chi connectivity index (χ1n) is 5.45. The number of thiophene rings is 1. The minimum Gasteiger partial charge on any atom is -0.495 e. The fraction of sp³-hybridized carbons (Fsp3) is 0.154. The van der Waals surface area contributed by atoms with E-state index in [1.165, 1.54) is 0 Å². The molecule has 1 aromatic heterocycles. The normalized spacial score (nSPS) is 10.1. The second-order valence-corrected chi connectivity index (χ2v) is 4.80. The van der Waals surface area contributed by atoms with Crippen LogP contribution in [0.2, 0.25) is 0 Å². The Morgan fingerprint density at radius 2 is 2.28 bits per heavy atom. The highest BCUT2D eigenvalue weighted by atomic mass is 32.1. The highest BCUT2D eigenvalue weighted by Gasteiger charge is 2.09. The Morgan fingerprint density at radius 1 is 1.44 bits per heavy atom. The van der Waals surface area contributed by atoms with E-state index in [1.54, 1.807) is 36.6 Å². The van der Waals surface area contributed by atoms with Gasteiger partial charge in [-0.25, -0.2) is 0 Å². The first-order chi connectivity index (χ1) is 8.69. The van der Waals surface area contributed by atoms with E-state index in [2.05, 4.69) is 5.32 Å². The van der Waals surface area contributed by atoms with Gasteiger partial charge in [-0.1, -0.05) is 6.07 Å². The van der Waals surface area contributed by atoms with Gasteiger partial charge in [-0.3, -0.25) is 4.79 Å². The number of nitrogens with one attached hydrogen (secondary N) is 1. The lowest BCUT2D eigenvalue weighted by atomic mass is 10.2. The molecule has 0 fully saturated rings. The molecule has 2 aromatic rings. The molecule has 0 bridgehead atoms. The molecule has 0 radical (unpaired) electrons. The Kier molecular flexibility index (Phi) is 3.84. The van der Waals surface area contributed by atoms with Crippen LogP contribution in [0.4, 0.5) is 11.4 Å². The molecule has 0 unspecified atom stereocenters. The van der Waals surface area contributed by atoms with Crippen molar-refractivity contribution in [2.45, 2.75) is 6.42 Å². The van der Waals surface area contributed by atoms with Gasteiger partial charge in [0.15, 0.2) is 0 Å². The van der Waals surface area contributed by atoms with Gasteiger partial charge in [0, 0.05) is 10.6 Å². The number of rotatable bonds is 4. The van der Waals surface area contributed by atoms with E-state index in [9.17, 15) is 4.79 Å². The van der Waals surface area contributed by atoms with Crippen LogP contribution >= 0.6 is 11.3 Å². The van der Waals surface area contributed by atoms with Gasteiger partial charge in [0.25, 0.3) is 0 Å². The zero-order valence-corrected chi connectivity index (χ0v) is 10.8. The second-order valence-electron chi connectivity index (χ2n) is 3.76. The van der Waals surface area contributed by atoms with E-state index < -0.39 is 0 Å². The summed E-state index contributed by atoms with van der Waals surface area (Å²) in [7, 11) is 1.56.